The highest BCUT2D eigenvalue weighted by Crippen LogP contribution is 2.19. The van der Waals surface area contributed by atoms with Crippen LogP contribution in [0.25, 0.3) is 0 Å². The number of amides is 1. The Morgan fingerprint density at radius 3 is 2.53 bits per heavy atom. The third-order valence-corrected chi connectivity index (χ3v) is 5.38. The molecule has 0 radical (unpaired) electrons. The topological polar surface area (TPSA) is 63.2 Å². The first-order valence-electron chi connectivity index (χ1n) is 5.92. The molecule has 1 saturated heterocycles. The van der Waals surface area contributed by atoms with Crippen molar-refractivity contribution >= 4 is 31.7 Å². The Hall–Kier alpha value is -0.100. The molecule has 1 aliphatic rings. The van der Waals surface area contributed by atoms with E-state index in [1.165, 1.54) is 0 Å². The minimum Gasteiger partial charge on any atom is -0.353 e. The number of halogens is 1. The van der Waals surface area contributed by atoms with Gasteiger partial charge in [-0.1, -0.05) is 29.8 Å². The van der Waals surface area contributed by atoms with Crippen LogP contribution in [0.2, 0.25) is 0 Å². The molecule has 0 aliphatic carbocycles. The lowest BCUT2D eigenvalue weighted by Crippen LogP contribution is -2.42. The van der Waals surface area contributed by atoms with Crippen LogP contribution in [-0.2, 0) is 14.6 Å². The van der Waals surface area contributed by atoms with Gasteiger partial charge in [-0.15, -0.1) is 0 Å². The fraction of sp³-hybridized carbons (Fsp3) is 0.909. The minimum atomic E-state index is -2.98. The fourth-order valence-corrected chi connectivity index (χ4v) is 4.23. The summed E-state index contributed by atoms with van der Waals surface area (Å²) in [6, 6.07) is 0.116. The van der Waals surface area contributed by atoms with E-state index in [0.717, 1.165) is 11.8 Å². The normalized spacial score (nSPS) is 24.8. The monoisotopic (exact) mass is 325 g/mol. The number of hydrogen-bond acceptors (Lipinski definition) is 3. The summed E-state index contributed by atoms with van der Waals surface area (Å²) in [4.78, 5) is 11.9. The van der Waals surface area contributed by atoms with Crippen LogP contribution in [0, 0.1) is 11.8 Å². The average molecular weight is 326 g/mol. The molecule has 1 fully saturated rings. The van der Waals surface area contributed by atoms with E-state index in [1.54, 1.807) is 0 Å². The van der Waals surface area contributed by atoms with E-state index in [-0.39, 0.29) is 29.4 Å². The summed E-state index contributed by atoms with van der Waals surface area (Å²) in [6.45, 7) is 4.11. The second-order valence-corrected chi connectivity index (χ2v) is 7.96. The number of sulfone groups is 1. The molecule has 0 aromatic rings. The molecule has 17 heavy (non-hydrogen) atoms. The van der Waals surface area contributed by atoms with E-state index in [2.05, 4.69) is 35.1 Å². The molecule has 0 spiro atoms. The van der Waals surface area contributed by atoms with Gasteiger partial charge in [0.2, 0.25) is 5.91 Å². The summed E-state index contributed by atoms with van der Waals surface area (Å²) in [5.41, 5.74) is 0. The molecule has 0 aromatic heterocycles. The molecule has 1 N–H and O–H groups in total. The predicted molar refractivity (Wildman–Crippen MR) is 71.9 cm³/mol. The van der Waals surface area contributed by atoms with Crippen molar-refractivity contribution in [3.63, 3.8) is 0 Å². The Kier molecular flexibility index (Phi) is 5.44. The number of nitrogens with one attached hydrogen (secondary N) is 1. The van der Waals surface area contributed by atoms with Crippen LogP contribution in [-0.4, -0.2) is 37.2 Å². The van der Waals surface area contributed by atoms with Gasteiger partial charge in [-0.3, -0.25) is 4.79 Å². The number of alkyl halides is 1. The number of rotatable bonds is 5. The van der Waals surface area contributed by atoms with Gasteiger partial charge in [0.1, 0.15) is 0 Å². The molecule has 1 aliphatic heterocycles. The average Bonchev–Trinajstić information content (AvgIpc) is 2.58. The molecule has 2 atom stereocenters. The van der Waals surface area contributed by atoms with Crippen LogP contribution in [0.4, 0.5) is 0 Å². The van der Waals surface area contributed by atoms with Gasteiger partial charge in [0, 0.05) is 11.4 Å². The number of carbonyl (C=O) groups excluding carboxylic acids is 1. The lowest BCUT2D eigenvalue weighted by atomic mass is 10.00. The number of hydrogen-bond donors (Lipinski definition) is 1. The van der Waals surface area contributed by atoms with Gasteiger partial charge < -0.3 is 5.32 Å². The first-order valence-corrected chi connectivity index (χ1v) is 8.87. The summed E-state index contributed by atoms with van der Waals surface area (Å²) in [5, 5.41) is 3.80. The van der Waals surface area contributed by atoms with Gasteiger partial charge in [0.15, 0.2) is 9.84 Å². The third kappa shape index (κ3) is 4.58. The summed E-state index contributed by atoms with van der Waals surface area (Å²) in [6.07, 6.45) is 1.33. The molecule has 0 saturated carbocycles. The summed E-state index contributed by atoms with van der Waals surface area (Å²) < 4.78 is 22.6. The van der Waals surface area contributed by atoms with Crippen LogP contribution in [0.1, 0.15) is 26.7 Å². The maximum atomic E-state index is 11.9. The second-order valence-electron chi connectivity index (χ2n) is 4.94. The molecule has 4 nitrogen and oxygen atoms in total. The van der Waals surface area contributed by atoms with Crippen molar-refractivity contribution in [2.75, 3.05) is 16.8 Å². The summed E-state index contributed by atoms with van der Waals surface area (Å²) in [5.74, 6) is 0.0604. The summed E-state index contributed by atoms with van der Waals surface area (Å²) in [7, 11) is -2.98. The molecule has 0 aromatic carbocycles. The van der Waals surface area contributed by atoms with Gasteiger partial charge >= 0.3 is 0 Å². The Morgan fingerprint density at radius 2 is 2.12 bits per heavy atom. The molecule has 6 heteroatoms. The maximum absolute atomic E-state index is 11.9. The van der Waals surface area contributed by atoms with Crippen molar-refractivity contribution in [2.45, 2.75) is 32.7 Å². The van der Waals surface area contributed by atoms with Crippen molar-refractivity contribution < 1.29 is 13.2 Å². The van der Waals surface area contributed by atoms with Crippen molar-refractivity contribution in [3.05, 3.63) is 0 Å². The largest absolute Gasteiger partial charge is 0.353 e. The highest BCUT2D eigenvalue weighted by molar-refractivity contribution is 9.09. The van der Waals surface area contributed by atoms with Gasteiger partial charge in [0.25, 0.3) is 0 Å². The molecular formula is C11H20BrNO3S. The first-order chi connectivity index (χ1) is 7.85. The molecule has 1 heterocycles. The fourth-order valence-electron chi connectivity index (χ4n) is 1.99. The van der Waals surface area contributed by atoms with Gasteiger partial charge in [-0.25, -0.2) is 8.42 Å². The lowest BCUT2D eigenvalue weighted by Gasteiger charge is -2.23. The molecule has 1 amide bonds. The zero-order valence-corrected chi connectivity index (χ0v) is 12.7. The van der Waals surface area contributed by atoms with Crippen molar-refractivity contribution in [2.24, 2.45) is 11.8 Å². The van der Waals surface area contributed by atoms with Crippen LogP contribution in [0.5, 0.6) is 0 Å². The SMILES string of the molecule is CC(C)C(CCBr)NC(=O)C1CCS(=O)(=O)C1. The number of carbonyl (C=O) groups is 1. The smallest absolute Gasteiger partial charge is 0.224 e. The van der Waals surface area contributed by atoms with Crippen molar-refractivity contribution in [1.29, 1.82) is 0 Å². The van der Waals surface area contributed by atoms with E-state index >= 15 is 0 Å². The van der Waals surface area contributed by atoms with Gasteiger partial charge in [-0.2, -0.15) is 0 Å². The predicted octanol–water partition coefficient (Wildman–Crippen LogP) is 1.35. The first kappa shape index (κ1) is 15.0. The molecule has 2 unspecified atom stereocenters. The lowest BCUT2D eigenvalue weighted by molar-refractivity contribution is -0.125. The van der Waals surface area contributed by atoms with Crippen LogP contribution < -0.4 is 5.32 Å². The Labute approximate surface area is 112 Å². The Bertz CT molecular complexity index is 367. The van der Waals surface area contributed by atoms with Crippen molar-refractivity contribution in [1.82, 2.24) is 5.32 Å². The van der Waals surface area contributed by atoms with Crippen LogP contribution >= 0.6 is 15.9 Å². The van der Waals surface area contributed by atoms with E-state index in [0.29, 0.717) is 12.3 Å². The van der Waals surface area contributed by atoms with E-state index in [1.807, 2.05) is 0 Å². The highest BCUT2D eigenvalue weighted by Gasteiger charge is 2.33. The highest BCUT2D eigenvalue weighted by atomic mass is 79.9. The van der Waals surface area contributed by atoms with Crippen LogP contribution in [0.15, 0.2) is 0 Å². The zero-order chi connectivity index (χ0) is 13.1. The Balaban J connectivity index is 2.53. The standard InChI is InChI=1S/C11H20BrNO3S/c1-8(2)10(3-5-12)13-11(14)9-4-6-17(15,16)7-9/h8-10H,3-7H2,1-2H3,(H,13,14). The minimum absolute atomic E-state index is 0.0119. The van der Waals surface area contributed by atoms with Crippen LogP contribution in [0.3, 0.4) is 0 Å². The van der Waals surface area contributed by atoms with E-state index < -0.39 is 9.84 Å². The molecule has 0 bridgehead atoms. The summed E-state index contributed by atoms with van der Waals surface area (Å²) >= 11 is 3.36. The van der Waals surface area contributed by atoms with E-state index in [4.69, 9.17) is 0 Å². The zero-order valence-electron chi connectivity index (χ0n) is 10.3. The maximum Gasteiger partial charge on any atom is 0.224 e. The molecule has 1 rings (SSSR count). The Morgan fingerprint density at radius 1 is 1.47 bits per heavy atom. The molecule has 100 valence electrons. The van der Waals surface area contributed by atoms with Gasteiger partial charge in [-0.05, 0) is 18.8 Å². The second kappa shape index (κ2) is 6.18. The van der Waals surface area contributed by atoms with Crippen molar-refractivity contribution in [3.8, 4) is 0 Å². The third-order valence-electron chi connectivity index (χ3n) is 3.16. The quantitative estimate of drug-likeness (QED) is 0.776. The molecular weight excluding hydrogens is 306 g/mol. The van der Waals surface area contributed by atoms with E-state index in [9.17, 15) is 13.2 Å². The van der Waals surface area contributed by atoms with Gasteiger partial charge in [0.05, 0.1) is 17.4 Å².